The molecule has 2 rings (SSSR count). The molecule has 2 N–H and O–H groups in total. The molecular weight excluding hydrogens is 352 g/mol. The summed E-state index contributed by atoms with van der Waals surface area (Å²) in [7, 11) is 0. The Hall–Kier alpha value is -1.92. The lowest BCUT2D eigenvalue weighted by molar-refractivity contribution is -0.119. The molecule has 4 nitrogen and oxygen atoms in total. The predicted molar refractivity (Wildman–Crippen MR) is 107 cm³/mol. The molecule has 0 saturated heterocycles. The summed E-state index contributed by atoms with van der Waals surface area (Å²) < 4.78 is 0. The third-order valence-electron chi connectivity index (χ3n) is 3.27. The van der Waals surface area contributed by atoms with Crippen LogP contribution in [-0.4, -0.2) is 29.9 Å². The van der Waals surface area contributed by atoms with Gasteiger partial charge >= 0.3 is 0 Å². The van der Waals surface area contributed by atoms with Gasteiger partial charge in [0.2, 0.25) is 5.91 Å². The van der Waals surface area contributed by atoms with Gasteiger partial charge in [0.25, 0.3) is 5.91 Å². The van der Waals surface area contributed by atoms with E-state index in [1.807, 2.05) is 62.6 Å². The van der Waals surface area contributed by atoms with Crippen molar-refractivity contribution in [1.82, 2.24) is 5.32 Å². The van der Waals surface area contributed by atoms with Crippen LogP contribution >= 0.6 is 23.5 Å². The van der Waals surface area contributed by atoms with E-state index in [1.54, 1.807) is 17.8 Å². The number of thioether (sulfide) groups is 2. The summed E-state index contributed by atoms with van der Waals surface area (Å²) in [5.74, 6) is 0.0678. The minimum Gasteiger partial charge on any atom is -0.353 e. The first-order chi connectivity index (χ1) is 12.0. The maximum Gasteiger partial charge on any atom is 0.256 e. The maximum absolute atomic E-state index is 12.6. The van der Waals surface area contributed by atoms with Gasteiger partial charge in [-0.3, -0.25) is 9.59 Å². The van der Waals surface area contributed by atoms with E-state index < -0.39 is 0 Å². The van der Waals surface area contributed by atoms with Crippen molar-refractivity contribution >= 4 is 41.0 Å². The largest absolute Gasteiger partial charge is 0.353 e. The van der Waals surface area contributed by atoms with Crippen molar-refractivity contribution in [3.05, 3.63) is 54.1 Å². The summed E-state index contributed by atoms with van der Waals surface area (Å²) >= 11 is 2.99. The molecule has 0 spiro atoms. The van der Waals surface area contributed by atoms with Gasteiger partial charge in [-0.15, -0.1) is 23.5 Å². The van der Waals surface area contributed by atoms with Gasteiger partial charge in [-0.25, -0.2) is 0 Å². The van der Waals surface area contributed by atoms with E-state index >= 15 is 0 Å². The molecule has 0 bridgehead atoms. The highest BCUT2D eigenvalue weighted by Crippen LogP contribution is 2.24. The molecule has 0 aliphatic heterocycles. The van der Waals surface area contributed by atoms with E-state index in [2.05, 4.69) is 10.6 Å². The number of amides is 2. The second kappa shape index (κ2) is 9.53. The Kier molecular flexibility index (Phi) is 7.40. The first-order valence-corrected chi connectivity index (χ1v) is 10.2. The normalized spacial score (nSPS) is 10.6. The summed E-state index contributed by atoms with van der Waals surface area (Å²) in [4.78, 5) is 26.3. The highest BCUT2D eigenvalue weighted by atomic mass is 32.2. The van der Waals surface area contributed by atoms with Crippen molar-refractivity contribution in [3.63, 3.8) is 0 Å². The number of carbonyl (C=O) groups is 2. The first kappa shape index (κ1) is 19.4. The van der Waals surface area contributed by atoms with Crippen LogP contribution in [0, 0.1) is 0 Å². The Morgan fingerprint density at radius 1 is 1.08 bits per heavy atom. The Labute approximate surface area is 157 Å². The van der Waals surface area contributed by atoms with Crippen molar-refractivity contribution < 1.29 is 9.59 Å². The average molecular weight is 375 g/mol. The molecule has 25 heavy (non-hydrogen) atoms. The second-order valence-electron chi connectivity index (χ2n) is 5.69. The van der Waals surface area contributed by atoms with Crippen LogP contribution in [0.5, 0.6) is 0 Å². The lowest BCUT2D eigenvalue weighted by Gasteiger charge is -2.11. The topological polar surface area (TPSA) is 58.2 Å². The molecule has 0 unspecified atom stereocenters. The lowest BCUT2D eigenvalue weighted by Crippen LogP contribution is -2.31. The van der Waals surface area contributed by atoms with Crippen LogP contribution < -0.4 is 10.6 Å². The molecule has 6 heteroatoms. The van der Waals surface area contributed by atoms with Gasteiger partial charge in [0.15, 0.2) is 0 Å². The quantitative estimate of drug-likeness (QED) is 0.710. The molecule has 0 radical (unpaired) electrons. The fourth-order valence-electron chi connectivity index (χ4n) is 2.19. The summed E-state index contributed by atoms with van der Waals surface area (Å²) in [6.45, 7) is 3.85. The Morgan fingerprint density at radius 2 is 1.84 bits per heavy atom. The van der Waals surface area contributed by atoms with Gasteiger partial charge in [0.1, 0.15) is 0 Å². The molecule has 0 fully saturated rings. The fourth-order valence-corrected chi connectivity index (χ4v) is 3.51. The first-order valence-electron chi connectivity index (χ1n) is 7.96. The molecule has 0 aliphatic carbocycles. The molecular formula is C19H22N2O2S2. The minimum atomic E-state index is -0.175. The van der Waals surface area contributed by atoms with E-state index in [4.69, 9.17) is 0 Å². The van der Waals surface area contributed by atoms with E-state index in [0.717, 1.165) is 15.5 Å². The van der Waals surface area contributed by atoms with Crippen molar-refractivity contribution in [3.8, 4) is 0 Å². The van der Waals surface area contributed by atoms with E-state index in [-0.39, 0.29) is 23.6 Å². The van der Waals surface area contributed by atoms with Crippen LogP contribution in [0.15, 0.2) is 58.3 Å². The van der Waals surface area contributed by atoms with E-state index in [9.17, 15) is 9.59 Å². The standard InChI is InChI=1S/C19H22N2O2S2/c1-13(2)20-18(22)12-25-17-10-5-4-9-16(17)19(23)21-14-7-6-8-15(11-14)24-3/h4-11,13H,12H2,1-3H3,(H,20,22)(H,21,23). The SMILES string of the molecule is CSc1cccc(NC(=O)c2ccccc2SCC(=O)NC(C)C)c1. The van der Waals surface area contributed by atoms with Gasteiger partial charge in [-0.2, -0.15) is 0 Å². The van der Waals surface area contributed by atoms with Gasteiger partial charge in [0.05, 0.1) is 11.3 Å². The molecule has 132 valence electrons. The van der Waals surface area contributed by atoms with E-state index in [1.165, 1.54) is 11.8 Å². The molecule has 2 aromatic carbocycles. The molecule has 0 atom stereocenters. The van der Waals surface area contributed by atoms with Crippen LogP contribution in [0.3, 0.4) is 0 Å². The summed E-state index contributed by atoms with van der Waals surface area (Å²) in [6, 6.07) is 15.2. The summed E-state index contributed by atoms with van der Waals surface area (Å²) in [5, 5.41) is 5.78. The number of hydrogen-bond donors (Lipinski definition) is 2. The van der Waals surface area contributed by atoms with Crippen molar-refractivity contribution in [2.75, 3.05) is 17.3 Å². The summed E-state index contributed by atoms with van der Waals surface area (Å²) in [5.41, 5.74) is 1.33. The second-order valence-corrected chi connectivity index (χ2v) is 7.59. The third kappa shape index (κ3) is 6.14. The van der Waals surface area contributed by atoms with E-state index in [0.29, 0.717) is 5.56 Å². The predicted octanol–water partition coefficient (Wildman–Crippen LogP) is 4.28. The number of carbonyl (C=O) groups excluding carboxylic acids is 2. The fraction of sp³-hybridized carbons (Fsp3) is 0.263. The number of benzene rings is 2. The molecule has 2 amide bonds. The number of hydrogen-bond acceptors (Lipinski definition) is 4. The van der Waals surface area contributed by atoms with Crippen molar-refractivity contribution in [1.29, 1.82) is 0 Å². The smallest absolute Gasteiger partial charge is 0.256 e. The lowest BCUT2D eigenvalue weighted by atomic mass is 10.2. The van der Waals surface area contributed by atoms with Crippen LogP contribution in [0.2, 0.25) is 0 Å². The number of rotatable bonds is 7. The van der Waals surface area contributed by atoms with Crippen LogP contribution in [0.25, 0.3) is 0 Å². The number of anilines is 1. The van der Waals surface area contributed by atoms with Gasteiger partial charge in [-0.05, 0) is 50.4 Å². The molecule has 2 aromatic rings. The zero-order chi connectivity index (χ0) is 18.2. The zero-order valence-electron chi connectivity index (χ0n) is 14.5. The van der Waals surface area contributed by atoms with Crippen molar-refractivity contribution in [2.24, 2.45) is 0 Å². The monoisotopic (exact) mass is 374 g/mol. The summed E-state index contributed by atoms with van der Waals surface area (Å²) in [6.07, 6.45) is 2.00. The Bertz CT molecular complexity index is 748. The molecule has 0 heterocycles. The Balaban J connectivity index is 2.08. The minimum absolute atomic E-state index is 0.0390. The van der Waals surface area contributed by atoms with Gasteiger partial charge < -0.3 is 10.6 Å². The molecule has 0 saturated carbocycles. The maximum atomic E-state index is 12.6. The highest BCUT2D eigenvalue weighted by molar-refractivity contribution is 8.00. The third-order valence-corrected chi connectivity index (χ3v) is 5.07. The molecule has 0 aliphatic rings. The van der Waals surface area contributed by atoms with Crippen LogP contribution in [0.4, 0.5) is 5.69 Å². The molecule has 0 aromatic heterocycles. The van der Waals surface area contributed by atoms with Crippen LogP contribution in [0.1, 0.15) is 24.2 Å². The highest BCUT2D eigenvalue weighted by Gasteiger charge is 2.13. The van der Waals surface area contributed by atoms with Crippen molar-refractivity contribution in [2.45, 2.75) is 29.7 Å². The average Bonchev–Trinajstić information content (AvgIpc) is 2.59. The Morgan fingerprint density at radius 3 is 2.56 bits per heavy atom. The number of nitrogens with one attached hydrogen (secondary N) is 2. The van der Waals surface area contributed by atoms with Gasteiger partial charge in [0, 0.05) is 21.5 Å². The van der Waals surface area contributed by atoms with Gasteiger partial charge in [-0.1, -0.05) is 18.2 Å². The zero-order valence-corrected chi connectivity index (χ0v) is 16.2. The van der Waals surface area contributed by atoms with Crippen LogP contribution in [-0.2, 0) is 4.79 Å².